The Morgan fingerprint density at radius 2 is 1.76 bits per heavy atom. The number of hydrogen-bond donors (Lipinski definition) is 1. The molecule has 0 aromatic heterocycles. The molecule has 0 bridgehead atoms. The number of likely N-dealkylation sites (tertiary alicyclic amines) is 1. The molecule has 8 heteroatoms. The predicted octanol–water partition coefficient (Wildman–Crippen LogP) is -1.13. The van der Waals surface area contributed by atoms with Crippen molar-refractivity contribution in [1.82, 2.24) is 20.0 Å². The van der Waals surface area contributed by atoms with Gasteiger partial charge in [0.15, 0.2) is 0 Å². The van der Waals surface area contributed by atoms with Crippen molar-refractivity contribution < 1.29 is 19.2 Å². The molecule has 0 aromatic rings. The Morgan fingerprint density at radius 1 is 1.14 bits per heavy atom. The second kappa shape index (κ2) is 6.11. The number of nitrogens with zero attached hydrogens (tertiary/aromatic N) is 3. The first-order valence-corrected chi connectivity index (χ1v) is 6.96. The van der Waals surface area contributed by atoms with E-state index < -0.39 is 11.8 Å². The van der Waals surface area contributed by atoms with Crippen molar-refractivity contribution >= 4 is 23.8 Å². The van der Waals surface area contributed by atoms with Gasteiger partial charge in [-0.25, -0.2) is 4.79 Å². The van der Waals surface area contributed by atoms with Crippen molar-refractivity contribution in [3.8, 4) is 0 Å². The zero-order valence-electron chi connectivity index (χ0n) is 12.3. The van der Waals surface area contributed by atoms with Crippen LogP contribution < -0.4 is 5.32 Å². The average molecular weight is 296 g/mol. The van der Waals surface area contributed by atoms with E-state index >= 15 is 0 Å². The van der Waals surface area contributed by atoms with Crippen LogP contribution in [-0.4, -0.2) is 78.7 Å². The predicted molar refractivity (Wildman–Crippen MR) is 73.1 cm³/mol. The van der Waals surface area contributed by atoms with Crippen LogP contribution in [0.3, 0.4) is 0 Å². The van der Waals surface area contributed by atoms with E-state index in [0.717, 1.165) is 6.42 Å². The zero-order valence-corrected chi connectivity index (χ0v) is 12.3. The van der Waals surface area contributed by atoms with Crippen LogP contribution in [-0.2, 0) is 14.4 Å². The number of piperidine rings is 1. The van der Waals surface area contributed by atoms with Gasteiger partial charge in [0.05, 0.1) is 5.92 Å². The summed E-state index contributed by atoms with van der Waals surface area (Å²) in [5.74, 6) is -1.50. The molecule has 2 fully saturated rings. The molecule has 0 aromatic carbocycles. The molecular weight excluding hydrogens is 276 g/mol. The highest BCUT2D eigenvalue weighted by Gasteiger charge is 2.34. The largest absolute Gasteiger partial charge is 0.331 e. The Kier molecular flexibility index (Phi) is 4.44. The van der Waals surface area contributed by atoms with E-state index in [-0.39, 0.29) is 30.9 Å². The maximum atomic E-state index is 12.4. The topological polar surface area (TPSA) is 90.0 Å². The van der Waals surface area contributed by atoms with E-state index in [2.05, 4.69) is 5.32 Å². The van der Waals surface area contributed by atoms with Crippen molar-refractivity contribution in [3.05, 3.63) is 0 Å². The van der Waals surface area contributed by atoms with Crippen molar-refractivity contribution in [3.63, 3.8) is 0 Å². The summed E-state index contributed by atoms with van der Waals surface area (Å²) in [6, 6.07) is -0.125. The molecule has 2 aliphatic rings. The molecule has 1 N–H and O–H groups in total. The summed E-state index contributed by atoms with van der Waals surface area (Å²) in [4.78, 5) is 51.4. The molecule has 1 unspecified atom stereocenters. The summed E-state index contributed by atoms with van der Waals surface area (Å²) in [7, 11) is 3.34. The van der Waals surface area contributed by atoms with Crippen molar-refractivity contribution in [2.24, 2.45) is 5.92 Å². The second-order valence-electron chi connectivity index (χ2n) is 5.63. The van der Waals surface area contributed by atoms with Crippen LogP contribution in [0.25, 0.3) is 0 Å². The third-order valence-electron chi connectivity index (χ3n) is 3.68. The number of imide groups is 1. The fourth-order valence-electron chi connectivity index (χ4n) is 2.69. The van der Waals surface area contributed by atoms with Crippen molar-refractivity contribution in [1.29, 1.82) is 0 Å². The normalized spacial score (nSPS) is 22.9. The molecule has 0 spiro atoms. The van der Waals surface area contributed by atoms with E-state index in [1.165, 1.54) is 9.80 Å². The minimum atomic E-state index is -0.461. The summed E-state index contributed by atoms with van der Waals surface area (Å²) in [5.41, 5.74) is 0. The summed E-state index contributed by atoms with van der Waals surface area (Å²) >= 11 is 0. The lowest BCUT2D eigenvalue weighted by Gasteiger charge is -2.36. The Hall–Kier alpha value is -2.12. The number of carbonyl (C=O) groups is 4. The van der Waals surface area contributed by atoms with E-state index in [1.807, 2.05) is 0 Å². The van der Waals surface area contributed by atoms with Crippen LogP contribution in [0.4, 0.5) is 4.79 Å². The van der Waals surface area contributed by atoms with Gasteiger partial charge in [-0.3, -0.25) is 19.7 Å². The molecule has 21 heavy (non-hydrogen) atoms. The van der Waals surface area contributed by atoms with Crippen LogP contribution in [0.15, 0.2) is 0 Å². The quantitative estimate of drug-likeness (QED) is 0.620. The van der Waals surface area contributed by atoms with E-state index in [0.29, 0.717) is 19.5 Å². The molecule has 0 radical (unpaired) electrons. The van der Waals surface area contributed by atoms with Gasteiger partial charge >= 0.3 is 6.03 Å². The molecule has 2 heterocycles. The maximum Gasteiger partial charge on any atom is 0.319 e. The van der Waals surface area contributed by atoms with Gasteiger partial charge in [-0.05, 0) is 12.8 Å². The Morgan fingerprint density at radius 3 is 2.33 bits per heavy atom. The third-order valence-corrected chi connectivity index (χ3v) is 3.68. The molecule has 0 saturated carbocycles. The smallest absolute Gasteiger partial charge is 0.319 e. The van der Waals surface area contributed by atoms with Crippen LogP contribution in [0, 0.1) is 5.92 Å². The summed E-state index contributed by atoms with van der Waals surface area (Å²) in [5, 5.41) is 2.17. The van der Waals surface area contributed by atoms with Crippen LogP contribution >= 0.6 is 0 Å². The number of urea groups is 1. The number of piperazine rings is 1. The summed E-state index contributed by atoms with van der Waals surface area (Å²) < 4.78 is 0. The zero-order chi connectivity index (χ0) is 15.6. The summed E-state index contributed by atoms with van der Waals surface area (Å²) in [6.07, 6.45) is 1.41. The van der Waals surface area contributed by atoms with E-state index in [9.17, 15) is 19.2 Å². The van der Waals surface area contributed by atoms with Gasteiger partial charge in [0, 0.05) is 27.2 Å². The SMILES string of the molecule is CN(C)C(=O)N1CCCC(C(=O)N2CC(=O)NC(=O)C2)C1. The van der Waals surface area contributed by atoms with Gasteiger partial charge in [-0.15, -0.1) is 0 Å². The molecular formula is C13H20N4O4. The van der Waals surface area contributed by atoms with E-state index in [4.69, 9.17) is 0 Å². The lowest BCUT2D eigenvalue weighted by Crippen LogP contribution is -2.56. The maximum absolute atomic E-state index is 12.4. The fourth-order valence-corrected chi connectivity index (χ4v) is 2.69. The van der Waals surface area contributed by atoms with Gasteiger partial charge in [-0.1, -0.05) is 0 Å². The van der Waals surface area contributed by atoms with Gasteiger partial charge in [0.25, 0.3) is 0 Å². The second-order valence-corrected chi connectivity index (χ2v) is 5.63. The highest BCUT2D eigenvalue weighted by molar-refractivity contribution is 6.02. The highest BCUT2D eigenvalue weighted by atomic mass is 16.2. The molecule has 8 nitrogen and oxygen atoms in total. The molecule has 0 aliphatic carbocycles. The van der Waals surface area contributed by atoms with Crippen LogP contribution in [0.1, 0.15) is 12.8 Å². The number of carbonyl (C=O) groups excluding carboxylic acids is 4. The number of hydrogen-bond acceptors (Lipinski definition) is 4. The first kappa shape index (κ1) is 15.3. The Bertz CT molecular complexity index is 461. The molecule has 2 saturated heterocycles. The molecule has 2 aliphatic heterocycles. The minimum absolute atomic E-state index is 0.0945. The Balaban J connectivity index is 2.00. The molecule has 1 atom stereocenters. The van der Waals surface area contributed by atoms with Crippen LogP contribution in [0.2, 0.25) is 0 Å². The first-order chi connectivity index (χ1) is 9.88. The van der Waals surface area contributed by atoms with Crippen LogP contribution in [0.5, 0.6) is 0 Å². The van der Waals surface area contributed by atoms with E-state index in [1.54, 1.807) is 19.0 Å². The highest BCUT2D eigenvalue weighted by Crippen LogP contribution is 2.20. The van der Waals surface area contributed by atoms with Crippen molar-refractivity contribution in [2.75, 3.05) is 40.3 Å². The van der Waals surface area contributed by atoms with Gasteiger partial charge in [0.2, 0.25) is 17.7 Å². The number of nitrogens with one attached hydrogen (secondary N) is 1. The third kappa shape index (κ3) is 3.50. The lowest BCUT2D eigenvalue weighted by molar-refractivity contribution is -0.148. The number of rotatable bonds is 1. The first-order valence-electron chi connectivity index (χ1n) is 6.96. The van der Waals surface area contributed by atoms with Gasteiger partial charge < -0.3 is 14.7 Å². The minimum Gasteiger partial charge on any atom is -0.331 e. The standard InChI is InChI=1S/C13H20N4O4/c1-15(2)13(21)16-5-3-4-9(6-16)12(20)17-7-10(18)14-11(19)8-17/h9H,3-8H2,1-2H3,(H,14,18,19). The van der Waals surface area contributed by atoms with Crippen molar-refractivity contribution in [2.45, 2.75) is 12.8 Å². The van der Waals surface area contributed by atoms with Gasteiger partial charge in [-0.2, -0.15) is 0 Å². The lowest BCUT2D eigenvalue weighted by atomic mass is 9.96. The average Bonchev–Trinajstić information content (AvgIpc) is 2.44. The molecule has 2 rings (SSSR count). The van der Waals surface area contributed by atoms with Gasteiger partial charge in [0.1, 0.15) is 13.1 Å². The fraction of sp³-hybridized carbons (Fsp3) is 0.692. The molecule has 116 valence electrons. The number of amides is 5. The molecule has 5 amide bonds. The Labute approximate surface area is 123 Å². The monoisotopic (exact) mass is 296 g/mol. The summed E-state index contributed by atoms with van der Waals surface area (Å²) in [6.45, 7) is 0.772.